The van der Waals surface area contributed by atoms with Crippen LogP contribution in [-0.2, 0) is 0 Å². The molecule has 0 spiro atoms. The van der Waals surface area contributed by atoms with Gasteiger partial charge in [0.15, 0.2) is 0 Å². The monoisotopic (exact) mass is 320 g/mol. The number of aromatic nitrogens is 5. The van der Waals surface area contributed by atoms with Gasteiger partial charge < -0.3 is 4.90 Å². The Labute approximate surface area is 123 Å². The Morgan fingerprint density at radius 1 is 1.29 bits per heavy atom. The van der Waals surface area contributed by atoms with Crippen molar-refractivity contribution in [3.63, 3.8) is 0 Å². The van der Waals surface area contributed by atoms with Gasteiger partial charge >= 0.3 is 6.18 Å². The summed E-state index contributed by atoms with van der Waals surface area (Å²) < 4.78 is 39.4. The first-order chi connectivity index (χ1) is 9.76. The average molecular weight is 321 g/mol. The number of halogens is 4. The van der Waals surface area contributed by atoms with Crippen molar-refractivity contribution in [3.05, 3.63) is 24.0 Å². The van der Waals surface area contributed by atoms with E-state index in [-0.39, 0.29) is 17.2 Å². The second-order valence-electron chi connectivity index (χ2n) is 4.51. The highest BCUT2D eigenvalue weighted by atomic mass is 35.5. The van der Waals surface area contributed by atoms with Gasteiger partial charge in [-0.15, -0.1) is 0 Å². The van der Waals surface area contributed by atoms with Crippen molar-refractivity contribution in [2.75, 3.05) is 11.4 Å². The first-order valence-corrected chi connectivity index (χ1v) is 6.37. The highest BCUT2D eigenvalue weighted by Gasteiger charge is 2.33. The molecule has 2 aromatic heterocycles. The van der Waals surface area contributed by atoms with Gasteiger partial charge in [-0.3, -0.25) is 4.57 Å². The van der Waals surface area contributed by atoms with Gasteiger partial charge in [0.05, 0.1) is 0 Å². The molecular weight excluding hydrogens is 309 g/mol. The minimum absolute atomic E-state index is 0.107. The maximum atomic E-state index is 12.7. The van der Waals surface area contributed by atoms with Crippen LogP contribution in [-0.4, -0.2) is 43.3 Å². The zero-order valence-corrected chi connectivity index (χ0v) is 12.0. The SMILES string of the molecule is CC(C)N(CC(F)(F)F)c1nc(Cl)nc(-n2ccnc2)n1. The van der Waals surface area contributed by atoms with E-state index in [1.54, 1.807) is 20.0 Å². The number of nitrogens with zero attached hydrogens (tertiary/aromatic N) is 6. The van der Waals surface area contributed by atoms with Crippen LogP contribution < -0.4 is 4.90 Å². The molecule has 0 saturated carbocycles. The molecule has 0 aliphatic heterocycles. The van der Waals surface area contributed by atoms with Crippen LogP contribution >= 0.6 is 11.6 Å². The van der Waals surface area contributed by atoms with E-state index in [9.17, 15) is 13.2 Å². The van der Waals surface area contributed by atoms with E-state index >= 15 is 0 Å². The lowest BCUT2D eigenvalue weighted by Crippen LogP contribution is -2.40. The molecule has 0 bridgehead atoms. The smallest absolute Gasteiger partial charge is 0.329 e. The molecule has 114 valence electrons. The molecule has 2 aromatic rings. The molecule has 0 fully saturated rings. The van der Waals surface area contributed by atoms with Crippen LogP contribution in [0.2, 0.25) is 5.28 Å². The summed E-state index contributed by atoms with van der Waals surface area (Å²) in [5.41, 5.74) is 0. The van der Waals surface area contributed by atoms with Gasteiger partial charge in [0, 0.05) is 18.4 Å². The summed E-state index contributed by atoms with van der Waals surface area (Å²) in [6, 6.07) is -0.458. The topological polar surface area (TPSA) is 59.7 Å². The first-order valence-electron chi connectivity index (χ1n) is 5.99. The molecule has 21 heavy (non-hydrogen) atoms. The molecule has 6 nitrogen and oxygen atoms in total. The molecule has 0 atom stereocenters. The molecule has 0 saturated heterocycles. The third-order valence-corrected chi connectivity index (χ3v) is 2.72. The molecule has 0 aliphatic carbocycles. The fourth-order valence-corrected chi connectivity index (χ4v) is 1.78. The van der Waals surface area contributed by atoms with E-state index in [0.29, 0.717) is 0 Å². The van der Waals surface area contributed by atoms with Crippen molar-refractivity contribution in [3.8, 4) is 5.95 Å². The van der Waals surface area contributed by atoms with Gasteiger partial charge in [0.25, 0.3) is 0 Å². The van der Waals surface area contributed by atoms with E-state index in [1.165, 1.54) is 17.1 Å². The number of anilines is 1. The molecule has 10 heteroatoms. The van der Waals surface area contributed by atoms with Gasteiger partial charge in [0.2, 0.25) is 17.2 Å². The number of imidazole rings is 1. The molecule has 0 aromatic carbocycles. The minimum atomic E-state index is -4.38. The van der Waals surface area contributed by atoms with E-state index in [4.69, 9.17) is 11.6 Å². The molecule has 0 unspecified atom stereocenters. The van der Waals surface area contributed by atoms with E-state index in [1.807, 2.05) is 0 Å². The van der Waals surface area contributed by atoms with Crippen LogP contribution in [0.5, 0.6) is 0 Å². The van der Waals surface area contributed by atoms with Crippen LogP contribution in [0.1, 0.15) is 13.8 Å². The minimum Gasteiger partial charge on any atom is -0.329 e. The number of hydrogen-bond acceptors (Lipinski definition) is 5. The van der Waals surface area contributed by atoms with Crippen molar-refractivity contribution >= 4 is 17.5 Å². The fourth-order valence-electron chi connectivity index (χ4n) is 1.63. The normalized spacial score (nSPS) is 12.0. The zero-order chi connectivity index (χ0) is 15.6. The van der Waals surface area contributed by atoms with Crippen molar-refractivity contribution in [2.45, 2.75) is 26.1 Å². The van der Waals surface area contributed by atoms with Gasteiger partial charge in [-0.25, -0.2) is 4.98 Å². The third-order valence-electron chi connectivity index (χ3n) is 2.55. The largest absolute Gasteiger partial charge is 0.406 e. The van der Waals surface area contributed by atoms with Crippen LogP contribution in [0.25, 0.3) is 5.95 Å². The van der Waals surface area contributed by atoms with Crippen molar-refractivity contribution < 1.29 is 13.2 Å². The Bertz CT molecular complexity index is 599. The summed E-state index contributed by atoms with van der Waals surface area (Å²) in [7, 11) is 0. The van der Waals surface area contributed by atoms with Crippen molar-refractivity contribution in [2.24, 2.45) is 0 Å². The average Bonchev–Trinajstić information content (AvgIpc) is 2.87. The van der Waals surface area contributed by atoms with Crippen LogP contribution in [0, 0.1) is 0 Å². The summed E-state index contributed by atoms with van der Waals surface area (Å²) in [5, 5.41) is -0.184. The highest BCUT2D eigenvalue weighted by Crippen LogP contribution is 2.22. The second-order valence-corrected chi connectivity index (χ2v) is 4.85. The third kappa shape index (κ3) is 4.03. The lowest BCUT2D eigenvalue weighted by Gasteiger charge is -2.27. The highest BCUT2D eigenvalue weighted by molar-refractivity contribution is 6.28. The Balaban J connectivity index is 2.41. The Kier molecular flexibility index (Phi) is 4.31. The Morgan fingerprint density at radius 3 is 2.52 bits per heavy atom. The predicted molar refractivity (Wildman–Crippen MR) is 70.5 cm³/mol. The predicted octanol–water partition coefficient (Wildman–Crippen LogP) is 2.49. The molecule has 2 rings (SSSR count). The zero-order valence-electron chi connectivity index (χ0n) is 11.2. The maximum absolute atomic E-state index is 12.7. The first kappa shape index (κ1) is 15.5. The molecule has 0 aliphatic rings. The van der Waals surface area contributed by atoms with Gasteiger partial charge in [-0.05, 0) is 25.4 Å². The van der Waals surface area contributed by atoms with E-state index in [2.05, 4.69) is 19.9 Å². The van der Waals surface area contributed by atoms with Gasteiger partial charge in [-0.1, -0.05) is 0 Å². The molecule has 0 N–H and O–H groups in total. The van der Waals surface area contributed by atoms with Crippen LogP contribution in [0.4, 0.5) is 19.1 Å². The summed E-state index contributed by atoms with van der Waals surface area (Å²) >= 11 is 5.78. The Hall–Kier alpha value is -1.90. The standard InChI is InChI=1S/C11H12ClF3N6/c1-7(2)21(5-11(13,14)15)10-18-8(12)17-9(19-10)20-4-3-16-6-20/h3-4,6-7H,5H2,1-2H3. The van der Waals surface area contributed by atoms with Gasteiger partial charge in [0.1, 0.15) is 12.9 Å². The van der Waals surface area contributed by atoms with E-state index in [0.717, 1.165) is 4.90 Å². The Morgan fingerprint density at radius 2 is 2.00 bits per heavy atom. The lowest BCUT2D eigenvalue weighted by atomic mass is 10.3. The lowest BCUT2D eigenvalue weighted by molar-refractivity contribution is -0.120. The van der Waals surface area contributed by atoms with Gasteiger partial charge in [-0.2, -0.15) is 28.1 Å². The van der Waals surface area contributed by atoms with Crippen molar-refractivity contribution in [1.82, 2.24) is 24.5 Å². The quantitative estimate of drug-likeness (QED) is 0.866. The molecule has 2 heterocycles. The second kappa shape index (κ2) is 5.84. The number of alkyl halides is 3. The number of hydrogen-bond donors (Lipinski definition) is 0. The molecule has 0 amide bonds. The fraction of sp³-hybridized carbons (Fsp3) is 0.455. The summed E-state index contributed by atoms with van der Waals surface area (Å²) in [6.45, 7) is 2.05. The summed E-state index contributed by atoms with van der Waals surface area (Å²) in [6.07, 6.45) is 0.0870. The molecule has 0 radical (unpaired) electrons. The summed E-state index contributed by atoms with van der Waals surface area (Å²) in [4.78, 5) is 16.5. The maximum Gasteiger partial charge on any atom is 0.406 e. The molecular formula is C11H12ClF3N6. The van der Waals surface area contributed by atoms with Crippen LogP contribution in [0.3, 0.4) is 0 Å². The van der Waals surface area contributed by atoms with Crippen LogP contribution in [0.15, 0.2) is 18.7 Å². The van der Waals surface area contributed by atoms with E-state index < -0.39 is 18.8 Å². The number of rotatable bonds is 4. The summed E-state index contributed by atoms with van der Waals surface area (Å²) in [5.74, 6) is -0.0265. The van der Waals surface area contributed by atoms with Crippen molar-refractivity contribution in [1.29, 1.82) is 0 Å².